The van der Waals surface area contributed by atoms with E-state index in [4.69, 9.17) is 0 Å². The summed E-state index contributed by atoms with van der Waals surface area (Å²) in [4.78, 5) is 8.08. The maximum absolute atomic E-state index is 4.06. The molecule has 0 saturated heterocycles. The lowest BCUT2D eigenvalue weighted by molar-refractivity contribution is 0.945. The fourth-order valence-electron chi connectivity index (χ4n) is 0.934. The zero-order valence-electron chi connectivity index (χ0n) is 5.57. The van der Waals surface area contributed by atoms with Crippen molar-refractivity contribution in [3.05, 3.63) is 24.7 Å². The molecule has 1 radical (unpaired) electrons. The summed E-state index contributed by atoms with van der Waals surface area (Å²) < 4.78 is 1.92. The predicted octanol–water partition coefficient (Wildman–Crippen LogP) is 0.768. The number of fused-ring (bicyclic) bond motifs is 1. The second-order valence-corrected chi connectivity index (χ2v) is 2.13. The highest BCUT2D eigenvalue weighted by atomic mass is 15.0. The van der Waals surface area contributed by atoms with Crippen LogP contribution in [0.15, 0.2) is 18.5 Å². The Bertz CT molecular complexity index is 350. The first-order valence-corrected chi connectivity index (χ1v) is 3.02. The van der Waals surface area contributed by atoms with Gasteiger partial charge in [-0.25, -0.2) is 4.98 Å². The quantitative estimate of drug-likeness (QED) is 0.530. The fourth-order valence-corrected chi connectivity index (χ4v) is 0.934. The van der Waals surface area contributed by atoms with Crippen LogP contribution in [0, 0.1) is 6.20 Å². The van der Waals surface area contributed by atoms with Gasteiger partial charge >= 0.3 is 0 Å². The van der Waals surface area contributed by atoms with Crippen molar-refractivity contribution in [1.29, 1.82) is 0 Å². The Kier molecular flexibility index (Phi) is 0.974. The molecule has 0 saturated carbocycles. The summed E-state index contributed by atoms with van der Waals surface area (Å²) in [5, 5.41) is 0. The van der Waals surface area contributed by atoms with E-state index in [1.807, 2.05) is 23.9 Å². The van der Waals surface area contributed by atoms with Gasteiger partial charge in [-0.1, -0.05) is 0 Å². The average Bonchev–Trinajstić information content (AvgIpc) is 2.34. The molecule has 2 heterocycles. The van der Waals surface area contributed by atoms with E-state index in [9.17, 15) is 0 Å². The van der Waals surface area contributed by atoms with Gasteiger partial charge in [0.1, 0.15) is 11.7 Å². The maximum atomic E-state index is 4.06. The summed E-state index contributed by atoms with van der Waals surface area (Å²) in [5.41, 5.74) is 1.80. The molecule has 0 unspecified atom stereocenters. The van der Waals surface area contributed by atoms with Crippen LogP contribution in [0.3, 0.4) is 0 Å². The fraction of sp³-hybridized carbons (Fsp3) is 0.143. The van der Waals surface area contributed by atoms with E-state index in [2.05, 4.69) is 16.2 Å². The summed E-state index contributed by atoms with van der Waals surface area (Å²) in [7, 11) is 1.94. The lowest BCUT2D eigenvalue weighted by Crippen LogP contribution is -1.87. The molecule has 0 bridgehead atoms. The smallest absolute Gasteiger partial charge is 0.159 e. The van der Waals surface area contributed by atoms with Gasteiger partial charge in [-0.2, -0.15) is 0 Å². The number of nitrogens with zero attached hydrogens (tertiary/aromatic N) is 3. The molecule has 0 aliphatic heterocycles. The zero-order chi connectivity index (χ0) is 6.97. The molecule has 0 fully saturated rings. The van der Waals surface area contributed by atoms with Crippen LogP contribution < -0.4 is 0 Å². The first-order chi connectivity index (χ1) is 4.88. The normalized spacial score (nSPS) is 10.5. The van der Waals surface area contributed by atoms with Gasteiger partial charge in [-0.3, -0.25) is 4.98 Å². The minimum atomic E-state index is 0.877. The van der Waals surface area contributed by atoms with Crippen LogP contribution in [0.5, 0.6) is 0 Å². The highest BCUT2D eigenvalue weighted by Gasteiger charge is 1.95. The van der Waals surface area contributed by atoms with Crippen LogP contribution >= 0.6 is 0 Å². The van der Waals surface area contributed by atoms with Crippen molar-refractivity contribution >= 4 is 11.2 Å². The molecule has 2 rings (SSSR count). The number of rotatable bonds is 0. The van der Waals surface area contributed by atoms with Crippen LogP contribution in [0.25, 0.3) is 11.2 Å². The van der Waals surface area contributed by atoms with Gasteiger partial charge in [0, 0.05) is 13.2 Å². The highest BCUT2D eigenvalue weighted by molar-refractivity contribution is 5.70. The second kappa shape index (κ2) is 1.80. The van der Waals surface area contributed by atoms with E-state index in [1.165, 1.54) is 0 Å². The molecule has 0 amide bonds. The van der Waals surface area contributed by atoms with Crippen molar-refractivity contribution in [1.82, 2.24) is 14.5 Å². The van der Waals surface area contributed by atoms with Gasteiger partial charge in [-0.15, -0.1) is 0 Å². The van der Waals surface area contributed by atoms with E-state index in [-0.39, 0.29) is 0 Å². The van der Waals surface area contributed by atoms with Gasteiger partial charge in [0.25, 0.3) is 0 Å². The third-order valence-electron chi connectivity index (χ3n) is 1.45. The van der Waals surface area contributed by atoms with Crippen LogP contribution in [-0.2, 0) is 7.05 Å². The summed E-state index contributed by atoms with van der Waals surface area (Å²) in [6, 6.07) is 1.93. The largest absolute Gasteiger partial charge is 0.334 e. The zero-order valence-corrected chi connectivity index (χ0v) is 5.57. The van der Waals surface area contributed by atoms with Crippen LogP contribution in [0.1, 0.15) is 0 Å². The van der Waals surface area contributed by atoms with Gasteiger partial charge < -0.3 is 4.57 Å². The van der Waals surface area contributed by atoms with Crippen molar-refractivity contribution in [2.75, 3.05) is 0 Å². The van der Waals surface area contributed by atoms with Gasteiger partial charge in [0.05, 0.1) is 6.20 Å². The lowest BCUT2D eigenvalue weighted by Gasteiger charge is -1.89. The van der Waals surface area contributed by atoms with Crippen LogP contribution in [0.2, 0.25) is 0 Å². The topological polar surface area (TPSA) is 30.7 Å². The van der Waals surface area contributed by atoms with Crippen LogP contribution in [0.4, 0.5) is 0 Å². The summed E-state index contributed by atoms with van der Waals surface area (Å²) in [5.74, 6) is 0. The van der Waals surface area contributed by atoms with Crippen molar-refractivity contribution in [2.45, 2.75) is 0 Å². The van der Waals surface area contributed by atoms with E-state index < -0.39 is 0 Å². The van der Waals surface area contributed by atoms with E-state index in [1.54, 1.807) is 6.20 Å². The number of hydrogen-bond acceptors (Lipinski definition) is 2. The Morgan fingerprint density at radius 1 is 1.60 bits per heavy atom. The molecule has 0 spiro atoms. The number of aromatic nitrogens is 3. The third kappa shape index (κ3) is 0.603. The van der Waals surface area contributed by atoms with Crippen LogP contribution in [-0.4, -0.2) is 14.5 Å². The molecule has 2 aromatic heterocycles. The Morgan fingerprint density at radius 3 is 3.30 bits per heavy atom. The molecule has 0 atom stereocenters. The molecule has 0 aliphatic rings. The van der Waals surface area contributed by atoms with Crippen molar-refractivity contribution in [3.63, 3.8) is 0 Å². The first kappa shape index (κ1) is 5.41. The second-order valence-electron chi connectivity index (χ2n) is 2.13. The predicted molar refractivity (Wildman–Crippen MR) is 37.3 cm³/mol. The monoisotopic (exact) mass is 132 g/mol. The Hall–Kier alpha value is -1.38. The molecular weight excluding hydrogens is 126 g/mol. The Morgan fingerprint density at radius 2 is 2.50 bits per heavy atom. The molecule has 0 N–H and O–H groups in total. The van der Waals surface area contributed by atoms with Gasteiger partial charge in [-0.05, 0) is 6.07 Å². The first-order valence-electron chi connectivity index (χ1n) is 3.02. The summed E-state index contributed by atoms with van der Waals surface area (Å²) in [6.07, 6.45) is 6.18. The number of hydrogen-bond donors (Lipinski definition) is 0. The SMILES string of the molecule is Cn1ccc2nc[c]nc21. The maximum Gasteiger partial charge on any atom is 0.159 e. The standard InChI is InChI=1S/C7H6N3/c1-10-5-2-6-7(10)9-4-3-8-6/h2-3,5H,1H3. The molecule has 3 nitrogen and oxygen atoms in total. The summed E-state index contributed by atoms with van der Waals surface area (Å²) in [6.45, 7) is 0. The third-order valence-corrected chi connectivity index (χ3v) is 1.45. The summed E-state index contributed by atoms with van der Waals surface area (Å²) >= 11 is 0. The molecule has 3 heteroatoms. The van der Waals surface area contributed by atoms with E-state index >= 15 is 0 Å². The van der Waals surface area contributed by atoms with Gasteiger partial charge in [0.2, 0.25) is 0 Å². The minimum absolute atomic E-state index is 0.877. The average molecular weight is 132 g/mol. The molecule has 0 aromatic carbocycles. The van der Waals surface area contributed by atoms with Crippen molar-refractivity contribution < 1.29 is 0 Å². The lowest BCUT2D eigenvalue weighted by atomic mass is 10.5. The number of aryl methyl sites for hydroxylation is 1. The Balaban J connectivity index is 2.93. The molecule has 10 heavy (non-hydrogen) atoms. The highest BCUT2D eigenvalue weighted by Crippen LogP contribution is 2.05. The van der Waals surface area contributed by atoms with E-state index in [0.717, 1.165) is 11.2 Å². The molecule has 0 aliphatic carbocycles. The minimum Gasteiger partial charge on any atom is -0.334 e. The molecule has 49 valence electrons. The van der Waals surface area contributed by atoms with E-state index in [0.29, 0.717) is 0 Å². The molecule has 2 aromatic rings. The van der Waals surface area contributed by atoms with Gasteiger partial charge in [0.15, 0.2) is 5.65 Å². The van der Waals surface area contributed by atoms with Crippen molar-refractivity contribution in [2.24, 2.45) is 7.05 Å². The van der Waals surface area contributed by atoms with Crippen molar-refractivity contribution in [3.8, 4) is 0 Å². The molecular formula is C7H6N3. The Labute approximate surface area is 58.3 Å².